The van der Waals surface area contributed by atoms with E-state index in [1.54, 1.807) is 0 Å². The number of nitrogens with two attached hydrogens (primary N) is 1. The van der Waals surface area contributed by atoms with E-state index in [0.717, 1.165) is 51.5 Å². The van der Waals surface area contributed by atoms with Crippen molar-refractivity contribution in [2.45, 2.75) is 167 Å². The van der Waals surface area contributed by atoms with Crippen LogP contribution in [0.5, 0.6) is 0 Å². The molecule has 11 heteroatoms. The summed E-state index contributed by atoms with van der Waals surface area (Å²) in [5, 5.41) is 0. The largest absolute Gasteiger partial charge is 0.756 e. The van der Waals surface area contributed by atoms with E-state index < -0.39 is 26.5 Å². The fraction of sp³-hybridized carbons (Fsp3) is 0.944. The summed E-state index contributed by atoms with van der Waals surface area (Å²) in [6, 6.07) is 0. The lowest BCUT2D eigenvalue weighted by Crippen LogP contribution is -2.37. The second kappa shape index (κ2) is 31.0. The maximum atomic E-state index is 12.5. The van der Waals surface area contributed by atoms with Crippen molar-refractivity contribution in [3.63, 3.8) is 0 Å². The lowest BCUT2D eigenvalue weighted by atomic mass is 10.0. The third-order valence-electron chi connectivity index (χ3n) is 8.23. The number of likely N-dealkylation sites (N-methyl/N-ethyl adjacent to an activating group) is 1. The first kappa shape index (κ1) is 46.0. The van der Waals surface area contributed by atoms with Crippen LogP contribution in [-0.4, -0.2) is 76.6 Å². The number of ether oxygens (including phenoxy) is 2. The molecule has 2 N–H and O–H groups in total. The maximum Gasteiger partial charge on any atom is 0.306 e. The molecule has 0 saturated heterocycles. The number of carbonyl (C=O) groups excluding carboxylic acids is 2. The highest BCUT2D eigenvalue weighted by molar-refractivity contribution is 7.45. The summed E-state index contributed by atoms with van der Waals surface area (Å²) in [7, 11) is 1.16. The number of carbonyl (C=O) groups is 2. The first-order valence-electron chi connectivity index (χ1n) is 18.9. The quantitative estimate of drug-likeness (QED) is 0.0303. The van der Waals surface area contributed by atoms with E-state index in [0.29, 0.717) is 17.4 Å². The van der Waals surface area contributed by atoms with Crippen molar-refractivity contribution in [2.24, 2.45) is 5.73 Å². The average Bonchev–Trinajstić information content (AvgIpc) is 3.01. The molecular formula is C36H73N2O8P. The summed E-state index contributed by atoms with van der Waals surface area (Å²) in [4.78, 5) is 37.2. The van der Waals surface area contributed by atoms with Gasteiger partial charge in [0.2, 0.25) is 0 Å². The molecule has 0 aliphatic rings. The molecule has 0 aliphatic carbocycles. The summed E-state index contributed by atoms with van der Waals surface area (Å²) in [6.07, 6.45) is 25.0. The Balaban J connectivity index is 4.40. The number of phosphoric ester groups is 1. The van der Waals surface area contributed by atoms with E-state index in [-0.39, 0.29) is 32.0 Å². The summed E-state index contributed by atoms with van der Waals surface area (Å²) in [6.45, 7) is 2.72. The van der Waals surface area contributed by atoms with Gasteiger partial charge in [-0.3, -0.25) is 14.2 Å². The highest BCUT2D eigenvalue weighted by Gasteiger charge is 2.21. The van der Waals surface area contributed by atoms with E-state index in [1.807, 2.05) is 21.1 Å². The van der Waals surface area contributed by atoms with Gasteiger partial charge in [-0.1, -0.05) is 129 Å². The predicted molar refractivity (Wildman–Crippen MR) is 189 cm³/mol. The van der Waals surface area contributed by atoms with Crippen molar-refractivity contribution < 1.29 is 42.1 Å². The van der Waals surface area contributed by atoms with Gasteiger partial charge in [-0.15, -0.1) is 0 Å². The molecular weight excluding hydrogens is 619 g/mol. The van der Waals surface area contributed by atoms with Gasteiger partial charge in [0.25, 0.3) is 7.82 Å². The molecule has 0 aromatic rings. The minimum Gasteiger partial charge on any atom is -0.756 e. The van der Waals surface area contributed by atoms with Crippen LogP contribution in [0.15, 0.2) is 0 Å². The summed E-state index contributed by atoms with van der Waals surface area (Å²) in [5.74, 6) is -0.846. The maximum absolute atomic E-state index is 12.5. The van der Waals surface area contributed by atoms with Crippen LogP contribution in [0.4, 0.5) is 0 Å². The van der Waals surface area contributed by atoms with E-state index >= 15 is 0 Å². The minimum absolute atomic E-state index is 0.0312. The van der Waals surface area contributed by atoms with Crippen LogP contribution in [0, 0.1) is 0 Å². The molecule has 0 fully saturated rings. The Kier molecular flexibility index (Phi) is 30.3. The normalized spacial score (nSPS) is 13.7. The van der Waals surface area contributed by atoms with E-state index in [2.05, 4.69) is 6.92 Å². The third-order valence-corrected chi connectivity index (χ3v) is 9.19. The molecule has 0 heterocycles. The Morgan fingerprint density at radius 1 is 0.638 bits per heavy atom. The Hall–Kier alpha value is -1.03. The fourth-order valence-electron chi connectivity index (χ4n) is 5.20. The smallest absolute Gasteiger partial charge is 0.306 e. The van der Waals surface area contributed by atoms with E-state index in [9.17, 15) is 19.0 Å². The van der Waals surface area contributed by atoms with Crippen LogP contribution in [0.25, 0.3) is 0 Å². The van der Waals surface area contributed by atoms with Crippen molar-refractivity contribution in [3.05, 3.63) is 0 Å². The van der Waals surface area contributed by atoms with Gasteiger partial charge in [0.1, 0.15) is 19.8 Å². The SMILES string of the molecule is CCCCCCCCCCCCCCCC(=O)OC[C@H](COP(=O)([O-])OCC[N+](C)(C)C)OC(=O)CCCCCCCCCCCN. The van der Waals surface area contributed by atoms with Gasteiger partial charge < -0.3 is 33.6 Å². The average molecular weight is 693 g/mol. The molecule has 0 aromatic carbocycles. The fourth-order valence-corrected chi connectivity index (χ4v) is 5.92. The number of esters is 2. The number of unbranched alkanes of at least 4 members (excludes halogenated alkanes) is 20. The van der Waals surface area contributed by atoms with Crippen LogP contribution in [0.2, 0.25) is 0 Å². The van der Waals surface area contributed by atoms with Gasteiger partial charge in [0.15, 0.2) is 6.10 Å². The van der Waals surface area contributed by atoms with Crippen LogP contribution < -0.4 is 10.6 Å². The Bertz CT molecular complexity index is 793. The molecule has 47 heavy (non-hydrogen) atoms. The number of phosphoric acid groups is 1. The molecule has 0 rings (SSSR count). The predicted octanol–water partition coefficient (Wildman–Crippen LogP) is 7.99. The number of quaternary nitrogens is 1. The number of rotatable bonds is 35. The van der Waals surface area contributed by atoms with Gasteiger partial charge in [0.05, 0.1) is 27.7 Å². The topological polar surface area (TPSA) is 137 Å². The second-order valence-corrected chi connectivity index (χ2v) is 15.5. The van der Waals surface area contributed by atoms with Gasteiger partial charge in [0, 0.05) is 12.8 Å². The van der Waals surface area contributed by atoms with E-state index in [1.165, 1.54) is 89.9 Å². The van der Waals surface area contributed by atoms with Crippen molar-refractivity contribution in [1.82, 2.24) is 0 Å². The van der Waals surface area contributed by atoms with Crippen LogP contribution in [-0.2, 0) is 32.7 Å². The van der Waals surface area contributed by atoms with Crippen LogP contribution >= 0.6 is 7.82 Å². The van der Waals surface area contributed by atoms with Gasteiger partial charge in [-0.2, -0.15) is 0 Å². The van der Waals surface area contributed by atoms with Gasteiger partial charge >= 0.3 is 11.9 Å². The molecule has 0 saturated carbocycles. The summed E-state index contributed by atoms with van der Waals surface area (Å²) >= 11 is 0. The first-order chi connectivity index (χ1) is 22.5. The zero-order valence-corrected chi connectivity index (χ0v) is 31.7. The van der Waals surface area contributed by atoms with E-state index in [4.69, 9.17) is 24.3 Å². The van der Waals surface area contributed by atoms with Crippen LogP contribution in [0.1, 0.15) is 161 Å². The Morgan fingerprint density at radius 3 is 1.51 bits per heavy atom. The minimum atomic E-state index is -4.61. The lowest BCUT2D eigenvalue weighted by molar-refractivity contribution is -0.870. The molecule has 0 aromatic heterocycles. The molecule has 0 radical (unpaired) electrons. The Morgan fingerprint density at radius 2 is 1.06 bits per heavy atom. The monoisotopic (exact) mass is 693 g/mol. The summed E-state index contributed by atoms with van der Waals surface area (Å²) in [5.41, 5.74) is 5.53. The molecule has 0 aliphatic heterocycles. The lowest BCUT2D eigenvalue weighted by Gasteiger charge is -2.28. The molecule has 2 atom stereocenters. The number of nitrogens with zero attached hydrogens (tertiary/aromatic N) is 1. The van der Waals surface area contributed by atoms with Crippen LogP contribution in [0.3, 0.4) is 0 Å². The number of hydrogen-bond donors (Lipinski definition) is 1. The highest BCUT2D eigenvalue weighted by Crippen LogP contribution is 2.38. The molecule has 0 spiro atoms. The molecule has 1 unspecified atom stereocenters. The molecule has 0 bridgehead atoms. The van der Waals surface area contributed by atoms with Crippen molar-refractivity contribution in [1.29, 1.82) is 0 Å². The van der Waals surface area contributed by atoms with Crippen molar-refractivity contribution in [2.75, 3.05) is 54.1 Å². The first-order valence-corrected chi connectivity index (χ1v) is 20.4. The van der Waals surface area contributed by atoms with Crippen molar-refractivity contribution >= 4 is 19.8 Å². The molecule has 0 amide bonds. The third kappa shape index (κ3) is 34.6. The second-order valence-electron chi connectivity index (χ2n) is 14.1. The molecule has 10 nitrogen and oxygen atoms in total. The standard InChI is InChI=1S/C36H73N2O8P/c1-5-6-7-8-9-10-11-12-13-15-18-21-24-27-35(39)43-32-34(33-45-47(41,42)44-31-30-38(2,3)4)46-36(40)28-25-22-19-16-14-17-20-23-26-29-37/h34H,5-33,37H2,1-4H3/t34-/m1/s1. The van der Waals surface area contributed by atoms with Gasteiger partial charge in [-0.05, 0) is 25.8 Å². The highest BCUT2D eigenvalue weighted by atomic mass is 31.2. The molecule has 280 valence electrons. The van der Waals surface area contributed by atoms with Crippen molar-refractivity contribution in [3.8, 4) is 0 Å². The summed E-state index contributed by atoms with van der Waals surface area (Å²) < 4.78 is 33.7. The number of hydrogen-bond acceptors (Lipinski definition) is 9. The zero-order valence-electron chi connectivity index (χ0n) is 30.8. The zero-order chi connectivity index (χ0) is 35.1. The van der Waals surface area contributed by atoms with Gasteiger partial charge in [-0.25, -0.2) is 0 Å². The Labute approximate surface area is 288 Å².